The molecule has 1 aromatic carbocycles. The Morgan fingerprint density at radius 2 is 1.78 bits per heavy atom. The van der Waals surface area contributed by atoms with Crippen LogP contribution in [-0.4, -0.2) is 27.4 Å². The molecule has 2 aromatic heterocycles. The van der Waals surface area contributed by atoms with E-state index in [0.717, 1.165) is 5.69 Å². The highest BCUT2D eigenvalue weighted by molar-refractivity contribution is 6.13. The molecular formula is C19H18N4O4. The number of nitrogens with zero attached hydrogens (tertiary/aromatic N) is 2. The Hall–Kier alpha value is -3.68. The molecule has 27 heavy (non-hydrogen) atoms. The number of hydrogen-bond donors (Lipinski definition) is 2. The number of aryl methyl sites for hydroxylation is 1. The number of amides is 2. The third kappa shape index (κ3) is 3.24. The predicted molar refractivity (Wildman–Crippen MR) is 98.2 cm³/mol. The van der Waals surface area contributed by atoms with Gasteiger partial charge in [0.15, 0.2) is 5.78 Å². The summed E-state index contributed by atoms with van der Waals surface area (Å²) < 4.78 is 7.03. The minimum Gasteiger partial charge on any atom is -0.444 e. The van der Waals surface area contributed by atoms with Gasteiger partial charge in [0.25, 0.3) is 11.8 Å². The molecule has 8 heteroatoms. The Kier molecular flexibility index (Phi) is 4.64. The molecule has 0 spiro atoms. The first kappa shape index (κ1) is 18.1. The first-order chi connectivity index (χ1) is 12.8. The summed E-state index contributed by atoms with van der Waals surface area (Å²) in [4.78, 5) is 36.2. The van der Waals surface area contributed by atoms with Crippen LogP contribution in [0.3, 0.4) is 0 Å². The first-order valence-electron chi connectivity index (χ1n) is 8.16. The van der Waals surface area contributed by atoms with Crippen LogP contribution in [0.25, 0.3) is 5.69 Å². The van der Waals surface area contributed by atoms with Gasteiger partial charge in [0.2, 0.25) is 5.88 Å². The molecule has 3 aromatic rings. The fraction of sp³-hybridized carbons (Fsp3) is 0.158. The number of aromatic nitrogens is 2. The lowest BCUT2D eigenvalue weighted by Crippen LogP contribution is -2.19. The van der Waals surface area contributed by atoms with E-state index < -0.39 is 11.8 Å². The molecule has 0 unspecified atom stereocenters. The molecule has 0 fully saturated rings. The molecule has 2 heterocycles. The van der Waals surface area contributed by atoms with E-state index in [4.69, 9.17) is 10.2 Å². The highest BCUT2D eigenvalue weighted by Crippen LogP contribution is 2.28. The first-order valence-corrected chi connectivity index (χ1v) is 8.16. The standard InChI is InChI=1S/C19H18N4O4/c1-10-14(9-21-23(10)13-7-5-4-6-8-13)18(26)22-19-16(17(20)25)15(11(2)24)12(3)27-19/h4-9H,1-3H3,(H2,20,25)(H,22,26). The lowest BCUT2D eigenvalue weighted by molar-refractivity contribution is 0.0974. The van der Waals surface area contributed by atoms with E-state index in [9.17, 15) is 14.4 Å². The topological polar surface area (TPSA) is 120 Å². The largest absolute Gasteiger partial charge is 0.444 e. The number of rotatable bonds is 5. The van der Waals surface area contributed by atoms with Crippen molar-refractivity contribution in [2.24, 2.45) is 5.73 Å². The second-order valence-corrected chi connectivity index (χ2v) is 6.00. The molecule has 0 aliphatic carbocycles. The number of nitrogens with two attached hydrogens (primary N) is 1. The monoisotopic (exact) mass is 366 g/mol. The summed E-state index contributed by atoms with van der Waals surface area (Å²) in [5.74, 6) is -1.70. The Balaban J connectivity index is 1.96. The van der Waals surface area contributed by atoms with Gasteiger partial charge in [0.1, 0.15) is 11.3 Å². The number of nitrogens with one attached hydrogen (secondary N) is 1. The Morgan fingerprint density at radius 3 is 2.37 bits per heavy atom. The zero-order chi connectivity index (χ0) is 19.7. The molecule has 2 amide bonds. The summed E-state index contributed by atoms with van der Waals surface area (Å²) in [6.07, 6.45) is 1.42. The number of hydrogen-bond acceptors (Lipinski definition) is 5. The SMILES string of the molecule is CC(=O)c1c(C)oc(NC(=O)c2cnn(-c3ccccc3)c2C)c1C(N)=O. The van der Waals surface area contributed by atoms with Crippen molar-refractivity contribution >= 4 is 23.5 Å². The van der Waals surface area contributed by atoms with Gasteiger partial charge in [-0.1, -0.05) is 18.2 Å². The summed E-state index contributed by atoms with van der Waals surface area (Å²) in [6, 6.07) is 9.34. The van der Waals surface area contributed by atoms with Gasteiger partial charge in [-0.2, -0.15) is 5.10 Å². The molecule has 0 saturated heterocycles. The Bertz CT molecular complexity index is 1050. The highest BCUT2D eigenvalue weighted by Gasteiger charge is 2.27. The average Bonchev–Trinajstić information content (AvgIpc) is 3.15. The van der Waals surface area contributed by atoms with Crippen LogP contribution in [0.4, 0.5) is 5.88 Å². The van der Waals surface area contributed by atoms with Crippen molar-refractivity contribution in [2.45, 2.75) is 20.8 Å². The molecule has 0 bridgehead atoms. The molecule has 0 aliphatic heterocycles. The molecular weight excluding hydrogens is 348 g/mol. The molecule has 0 aliphatic rings. The molecule has 3 N–H and O–H groups in total. The van der Waals surface area contributed by atoms with Gasteiger partial charge in [-0.25, -0.2) is 4.68 Å². The smallest absolute Gasteiger partial charge is 0.261 e. The summed E-state index contributed by atoms with van der Waals surface area (Å²) in [6.45, 7) is 4.57. The lowest BCUT2D eigenvalue weighted by Gasteiger charge is -2.06. The van der Waals surface area contributed by atoms with E-state index in [-0.39, 0.29) is 28.6 Å². The van der Waals surface area contributed by atoms with Crippen LogP contribution in [0.15, 0.2) is 40.9 Å². The van der Waals surface area contributed by atoms with Crippen LogP contribution in [0, 0.1) is 13.8 Å². The number of furan rings is 1. The van der Waals surface area contributed by atoms with Crippen molar-refractivity contribution in [3.05, 3.63) is 64.7 Å². The van der Waals surface area contributed by atoms with Crippen molar-refractivity contribution in [1.82, 2.24) is 9.78 Å². The fourth-order valence-electron chi connectivity index (χ4n) is 2.92. The molecule has 0 radical (unpaired) electrons. The summed E-state index contributed by atoms with van der Waals surface area (Å²) in [7, 11) is 0. The molecule has 0 atom stereocenters. The van der Waals surface area contributed by atoms with Gasteiger partial charge in [0, 0.05) is 0 Å². The van der Waals surface area contributed by atoms with Crippen molar-refractivity contribution in [3.63, 3.8) is 0 Å². The van der Waals surface area contributed by atoms with E-state index in [1.54, 1.807) is 11.6 Å². The summed E-state index contributed by atoms with van der Waals surface area (Å²) in [5, 5.41) is 6.75. The van der Waals surface area contributed by atoms with Crippen molar-refractivity contribution in [2.75, 3.05) is 5.32 Å². The molecule has 3 rings (SSSR count). The second-order valence-electron chi connectivity index (χ2n) is 6.00. The van der Waals surface area contributed by atoms with Gasteiger partial charge in [-0.15, -0.1) is 0 Å². The fourth-order valence-corrected chi connectivity index (χ4v) is 2.92. The van der Waals surface area contributed by atoms with E-state index in [1.807, 2.05) is 30.3 Å². The minimum atomic E-state index is -0.857. The number of carbonyl (C=O) groups excluding carboxylic acids is 3. The van der Waals surface area contributed by atoms with Crippen molar-refractivity contribution in [1.29, 1.82) is 0 Å². The third-order valence-electron chi connectivity index (χ3n) is 4.16. The number of anilines is 1. The van der Waals surface area contributed by atoms with Gasteiger partial charge >= 0.3 is 0 Å². The van der Waals surface area contributed by atoms with E-state index in [1.165, 1.54) is 20.0 Å². The maximum absolute atomic E-state index is 12.7. The lowest BCUT2D eigenvalue weighted by atomic mass is 10.1. The van der Waals surface area contributed by atoms with Crippen molar-refractivity contribution in [3.8, 4) is 5.69 Å². The summed E-state index contributed by atoms with van der Waals surface area (Å²) >= 11 is 0. The van der Waals surface area contributed by atoms with Crippen LogP contribution < -0.4 is 11.1 Å². The number of ketones is 1. The number of Topliss-reactive ketones (excluding diaryl/α,β-unsaturated/α-hetero) is 1. The zero-order valence-corrected chi connectivity index (χ0v) is 15.1. The van der Waals surface area contributed by atoms with E-state index in [0.29, 0.717) is 11.3 Å². The highest BCUT2D eigenvalue weighted by atomic mass is 16.4. The van der Waals surface area contributed by atoms with Crippen LogP contribution in [0.5, 0.6) is 0 Å². The van der Waals surface area contributed by atoms with Crippen LogP contribution in [-0.2, 0) is 0 Å². The third-order valence-corrected chi connectivity index (χ3v) is 4.16. The molecule has 0 saturated carbocycles. The van der Waals surface area contributed by atoms with Gasteiger partial charge in [-0.3, -0.25) is 19.7 Å². The van der Waals surface area contributed by atoms with Crippen molar-refractivity contribution < 1.29 is 18.8 Å². The van der Waals surface area contributed by atoms with Gasteiger partial charge < -0.3 is 10.2 Å². The van der Waals surface area contributed by atoms with Gasteiger partial charge in [-0.05, 0) is 32.9 Å². The zero-order valence-electron chi connectivity index (χ0n) is 15.1. The quantitative estimate of drug-likeness (QED) is 0.673. The van der Waals surface area contributed by atoms with Crippen LogP contribution in [0.2, 0.25) is 0 Å². The second kappa shape index (κ2) is 6.91. The van der Waals surface area contributed by atoms with Crippen LogP contribution >= 0.6 is 0 Å². The van der Waals surface area contributed by atoms with Gasteiger partial charge in [0.05, 0.1) is 28.7 Å². The number of para-hydroxylation sites is 1. The van der Waals surface area contributed by atoms with Crippen LogP contribution in [0.1, 0.15) is 49.5 Å². The van der Waals surface area contributed by atoms with E-state index >= 15 is 0 Å². The Morgan fingerprint density at radius 1 is 1.11 bits per heavy atom. The minimum absolute atomic E-state index is 0.0644. The maximum atomic E-state index is 12.7. The number of carbonyl (C=O) groups is 3. The maximum Gasteiger partial charge on any atom is 0.261 e. The predicted octanol–water partition coefficient (Wildman–Crippen LogP) is 2.64. The molecule has 8 nitrogen and oxygen atoms in total. The number of benzene rings is 1. The average molecular weight is 366 g/mol. The Labute approximate surface area is 155 Å². The normalized spacial score (nSPS) is 10.6. The van der Waals surface area contributed by atoms with E-state index in [2.05, 4.69) is 10.4 Å². The number of primary amides is 1. The molecule has 138 valence electrons. The summed E-state index contributed by atoms with van der Waals surface area (Å²) in [5.41, 5.74) is 7.01.